The van der Waals surface area contributed by atoms with Crippen LogP contribution in [-0.2, 0) is 17.8 Å². The highest BCUT2D eigenvalue weighted by molar-refractivity contribution is 5.70. The van der Waals surface area contributed by atoms with Crippen molar-refractivity contribution in [3.63, 3.8) is 0 Å². The number of carboxylic acid groups (broad SMARTS) is 1. The molecule has 0 aliphatic rings. The standard InChI is InChI=1S/C14H15NO4/c1-9-10(2)19-13(15-9)8-18-12-5-3-4-11(6-12)7-14(16)17/h3-6H,7-8H2,1-2H3,(H,16,17). The molecule has 0 aliphatic heterocycles. The average molecular weight is 261 g/mol. The average Bonchev–Trinajstić information content (AvgIpc) is 2.66. The van der Waals surface area contributed by atoms with Gasteiger partial charge in [-0.3, -0.25) is 4.79 Å². The first-order chi connectivity index (χ1) is 9.04. The van der Waals surface area contributed by atoms with Gasteiger partial charge in [-0.25, -0.2) is 4.98 Å². The summed E-state index contributed by atoms with van der Waals surface area (Å²) in [6.07, 6.45) is -0.0194. The lowest BCUT2D eigenvalue weighted by atomic mass is 10.1. The van der Waals surface area contributed by atoms with Gasteiger partial charge in [0, 0.05) is 0 Å². The van der Waals surface area contributed by atoms with Crippen molar-refractivity contribution >= 4 is 5.97 Å². The molecular formula is C14H15NO4. The molecule has 1 aromatic carbocycles. The van der Waals surface area contributed by atoms with Gasteiger partial charge in [0.15, 0.2) is 6.61 Å². The van der Waals surface area contributed by atoms with E-state index in [-0.39, 0.29) is 13.0 Å². The van der Waals surface area contributed by atoms with Crippen LogP contribution < -0.4 is 4.74 Å². The fourth-order valence-electron chi connectivity index (χ4n) is 1.67. The number of benzene rings is 1. The van der Waals surface area contributed by atoms with Crippen molar-refractivity contribution in [3.8, 4) is 5.75 Å². The summed E-state index contributed by atoms with van der Waals surface area (Å²) in [6.45, 7) is 3.94. The van der Waals surface area contributed by atoms with Crippen molar-refractivity contribution < 1.29 is 19.1 Å². The Bertz CT molecular complexity index is 569. The largest absolute Gasteiger partial charge is 0.484 e. The minimum atomic E-state index is -0.865. The van der Waals surface area contributed by atoms with E-state index in [4.69, 9.17) is 14.3 Å². The zero-order valence-electron chi connectivity index (χ0n) is 10.8. The molecule has 0 aliphatic carbocycles. The monoisotopic (exact) mass is 261 g/mol. The van der Waals surface area contributed by atoms with Crippen LogP contribution in [0.5, 0.6) is 5.75 Å². The van der Waals surface area contributed by atoms with E-state index in [1.165, 1.54) is 0 Å². The summed E-state index contributed by atoms with van der Waals surface area (Å²) in [7, 11) is 0. The molecule has 0 spiro atoms. The molecule has 100 valence electrons. The van der Waals surface area contributed by atoms with Crippen LogP contribution in [-0.4, -0.2) is 16.1 Å². The lowest BCUT2D eigenvalue weighted by Gasteiger charge is -2.05. The number of aliphatic carboxylic acids is 1. The maximum atomic E-state index is 10.6. The number of ether oxygens (including phenoxy) is 1. The van der Waals surface area contributed by atoms with Crippen LogP contribution in [0.1, 0.15) is 22.9 Å². The van der Waals surface area contributed by atoms with E-state index in [1.54, 1.807) is 24.3 Å². The summed E-state index contributed by atoms with van der Waals surface area (Å²) in [5.41, 5.74) is 1.54. The maximum absolute atomic E-state index is 10.6. The molecule has 1 N–H and O–H groups in total. The Morgan fingerprint density at radius 1 is 1.42 bits per heavy atom. The first kappa shape index (κ1) is 13.1. The van der Waals surface area contributed by atoms with Gasteiger partial charge in [0.25, 0.3) is 0 Å². The lowest BCUT2D eigenvalue weighted by molar-refractivity contribution is -0.136. The van der Waals surface area contributed by atoms with E-state index < -0.39 is 5.97 Å². The van der Waals surface area contributed by atoms with E-state index in [2.05, 4.69) is 4.98 Å². The van der Waals surface area contributed by atoms with E-state index in [9.17, 15) is 4.79 Å². The predicted octanol–water partition coefficient (Wildman–Crippen LogP) is 2.50. The van der Waals surface area contributed by atoms with Gasteiger partial charge in [-0.2, -0.15) is 0 Å². The molecular weight excluding hydrogens is 246 g/mol. The molecule has 0 saturated carbocycles. The molecule has 1 aromatic heterocycles. The number of hydrogen-bond acceptors (Lipinski definition) is 4. The van der Waals surface area contributed by atoms with E-state index >= 15 is 0 Å². The normalized spacial score (nSPS) is 10.4. The van der Waals surface area contributed by atoms with Crippen molar-refractivity contribution in [2.24, 2.45) is 0 Å². The molecule has 0 saturated heterocycles. The molecule has 1 heterocycles. The Morgan fingerprint density at radius 3 is 2.84 bits per heavy atom. The van der Waals surface area contributed by atoms with Crippen LogP contribution in [0.4, 0.5) is 0 Å². The second-order valence-corrected chi connectivity index (χ2v) is 4.26. The maximum Gasteiger partial charge on any atom is 0.307 e. The number of rotatable bonds is 5. The Balaban J connectivity index is 2.01. The molecule has 5 heteroatoms. The molecule has 0 fully saturated rings. The third-order valence-electron chi connectivity index (χ3n) is 2.69. The highest BCUT2D eigenvalue weighted by Crippen LogP contribution is 2.16. The van der Waals surface area contributed by atoms with Crippen molar-refractivity contribution in [3.05, 3.63) is 47.2 Å². The van der Waals surface area contributed by atoms with Crippen molar-refractivity contribution in [1.82, 2.24) is 4.98 Å². The number of aryl methyl sites for hydroxylation is 2. The number of carboxylic acids is 1. The zero-order valence-corrected chi connectivity index (χ0v) is 10.8. The fraction of sp³-hybridized carbons (Fsp3) is 0.286. The van der Waals surface area contributed by atoms with Gasteiger partial charge in [-0.05, 0) is 31.5 Å². The highest BCUT2D eigenvalue weighted by atomic mass is 16.5. The molecule has 2 rings (SSSR count). The summed E-state index contributed by atoms with van der Waals surface area (Å²) in [4.78, 5) is 14.8. The number of aromatic nitrogens is 1. The number of oxazole rings is 1. The summed E-state index contributed by atoms with van der Waals surface area (Å²) in [6, 6.07) is 6.99. The summed E-state index contributed by atoms with van der Waals surface area (Å²) in [5.74, 6) is 1.03. The highest BCUT2D eigenvalue weighted by Gasteiger charge is 2.07. The van der Waals surface area contributed by atoms with E-state index in [0.717, 1.165) is 11.5 Å². The second-order valence-electron chi connectivity index (χ2n) is 4.26. The molecule has 5 nitrogen and oxygen atoms in total. The van der Waals surface area contributed by atoms with Crippen LogP contribution in [0.2, 0.25) is 0 Å². The van der Waals surface area contributed by atoms with Gasteiger partial charge in [0.2, 0.25) is 5.89 Å². The number of carbonyl (C=O) groups is 1. The summed E-state index contributed by atoms with van der Waals surface area (Å²) in [5, 5.41) is 8.73. The van der Waals surface area contributed by atoms with Gasteiger partial charge >= 0.3 is 5.97 Å². The van der Waals surface area contributed by atoms with Crippen LogP contribution in [0.15, 0.2) is 28.7 Å². The first-order valence-electron chi connectivity index (χ1n) is 5.91. The van der Waals surface area contributed by atoms with Crippen molar-refractivity contribution in [2.75, 3.05) is 0 Å². The van der Waals surface area contributed by atoms with Crippen LogP contribution in [0.25, 0.3) is 0 Å². The third kappa shape index (κ3) is 3.58. The van der Waals surface area contributed by atoms with E-state index in [1.807, 2.05) is 13.8 Å². The molecule has 0 bridgehead atoms. The van der Waals surface area contributed by atoms with E-state index in [0.29, 0.717) is 17.2 Å². The van der Waals surface area contributed by atoms with Gasteiger partial charge in [0.1, 0.15) is 11.5 Å². The third-order valence-corrected chi connectivity index (χ3v) is 2.69. The minimum absolute atomic E-state index is 0.0194. The SMILES string of the molecule is Cc1nc(COc2cccc(CC(=O)O)c2)oc1C. The molecule has 19 heavy (non-hydrogen) atoms. The minimum Gasteiger partial charge on any atom is -0.484 e. The van der Waals surface area contributed by atoms with Gasteiger partial charge in [-0.15, -0.1) is 0 Å². The summed E-state index contributed by atoms with van der Waals surface area (Å²) >= 11 is 0. The van der Waals surface area contributed by atoms with Crippen LogP contribution >= 0.6 is 0 Å². The van der Waals surface area contributed by atoms with Crippen LogP contribution in [0, 0.1) is 13.8 Å². The van der Waals surface area contributed by atoms with Gasteiger partial charge in [0.05, 0.1) is 12.1 Å². The number of nitrogens with zero attached hydrogens (tertiary/aromatic N) is 1. The molecule has 0 unspecified atom stereocenters. The Hall–Kier alpha value is -2.30. The Kier molecular flexibility index (Phi) is 3.85. The summed E-state index contributed by atoms with van der Waals surface area (Å²) < 4.78 is 10.9. The van der Waals surface area contributed by atoms with Gasteiger partial charge in [-0.1, -0.05) is 12.1 Å². The predicted molar refractivity (Wildman–Crippen MR) is 68.1 cm³/mol. The number of hydrogen-bond donors (Lipinski definition) is 1. The van der Waals surface area contributed by atoms with Gasteiger partial charge < -0.3 is 14.3 Å². The second kappa shape index (κ2) is 5.56. The fourth-order valence-corrected chi connectivity index (χ4v) is 1.67. The lowest BCUT2D eigenvalue weighted by Crippen LogP contribution is -2.01. The van der Waals surface area contributed by atoms with Crippen molar-refractivity contribution in [2.45, 2.75) is 26.9 Å². The first-order valence-corrected chi connectivity index (χ1v) is 5.91. The molecule has 2 aromatic rings. The zero-order chi connectivity index (χ0) is 13.8. The topological polar surface area (TPSA) is 72.6 Å². The Morgan fingerprint density at radius 2 is 2.21 bits per heavy atom. The Labute approximate surface area is 110 Å². The molecule has 0 amide bonds. The van der Waals surface area contributed by atoms with Crippen LogP contribution in [0.3, 0.4) is 0 Å². The van der Waals surface area contributed by atoms with Crippen molar-refractivity contribution in [1.29, 1.82) is 0 Å². The quantitative estimate of drug-likeness (QED) is 0.895. The smallest absolute Gasteiger partial charge is 0.307 e. The molecule has 0 radical (unpaired) electrons. The molecule has 0 atom stereocenters.